The fourth-order valence-electron chi connectivity index (χ4n) is 2.33. The third-order valence-electron chi connectivity index (χ3n) is 3.71. The fraction of sp³-hybridized carbons (Fsp3) is 0.412. The van der Waals surface area contributed by atoms with Gasteiger partial charge >= 0.3 is 0 Å². The number of thiocarbonyl (C=S) groups is 1. The van der Waals surface area contributed by atoms with Gasteiger partial charge in [-0.05, 0) is 43.0 Å². The lowest BCUT2D eigenvalue weighted by atomic mass is 10.1. The maximum absolute atomic E-state index is 5.31. The molecule has 4 nitrogen and oxygen atoms in total. The Morgan fingerprint density at radius 2 is 1.95 bits per heavy atom. The van der Waals surface area contributed by atoms with Gasteiger partial charge in [-0.1, -0.05) is 32.0 Å². The Morgan fingerprint density at radius 3 is 2.73 bits per heavy atom. The molecule has 118 valence electrons. The molecule has 0 atom stereocenters. The monoisotopic (exact) mass is 316 g/mol. The number of para-hydroxylation sites is 1. The highest BCUT2D eigenvalue weighted by molar-refractivity contribution is 7.80. The minimum atomic E-state index is 0.689. The summed E-state index contributed by atoms with van der Waals surface area (Å²) in [4.78, 5) is 6.82. The van der Waals surface area contributed by atoms with Crippen LogP contribution in [0, 0.1) is 0 Å². The number of benzene rings is 1. The van der Waals surface area contributed by atoms with Gasteiger partial charge in [0, 0.05) is 31.2 Å². The first-order valence-electron chi connectivity index (χ1n) is 7.80. The zero-order valence-corrected chi connectivity index (χ0v) is 14.1. The van der Waals surface area contributed by atoms with Crippen molar-refractivity contribution in [2.45, 2.75) is 20.4 Å². The molecule has 0 aliphatic carbocycles. The van der Waals surface area contributed by atoms with E-state index in [2.05, 4.69) is 46.5 Å². The molecule has 0 aliphatic rings. The van der Waals surface area contributed by atoms with E-state index in [9.17, 15) is 0 Å². The van der Waals surface area contributed by atoms with Crippen LogP contribution in [0.25, 0.3) is 10.9 Å². The molecule has 1 aromatic heterocycles. The fourth-order valence-corrected chi connectivity index (χ4v) is 2.50. The van der Waals surface area contributed by atoms with E-state index in [0.29, 0.717) is 11.7 Å². The Balaban J connectivity index is 1.77. The first-order valence-corrected chi connectivity index (χ1v) is 8.21. The zero-order chi connectivity index (χ0) is 15.8. The third kappa shape index (κ3) is 4.93. The van der Waals surface area contributed by atoms with E-state index in [-0.39, 0.29) is 0 Å². The van der Waals surface area contributed by atoms with E-state index in [4.69, 9.17) is 12.2 Å². The van der Waals surface area contributed by atoms with Crippen LogP contribution in [-0.4, -0.2) is 41.2 Å². The molecular weight excluding hydrogens is 292 g/mol. The molecule has 0 aliphatic heterocycles. The summed E-state index contributed by atoms with van der Waals surface area (Å²) < 4.78 is 0. The maximum atomic E-state index is 5.31. The van der Waals surface area contributed by atoms with Gasteiger partial charge in [-0.3, -0.25) is 4.98 Å². The highest BCUT2D eigenvalue weighted by Crippen LogP contribution is 2.12. The number of rotatable bonds is 7. The topological polar surface area (TPSA) is 40.2 Å². The van der Waals surface area contributed by atoms with Crippen molar-refractivity contribution in [3.8, 4) is 0 Å². The second kappa shape index (κ2) is 8.66. The van der Waals surface area contributed by atoms with Crippen LogP contribution in [0.5, 0.6) is 0 Å². The highest BCUT2D eigenvalue weighted by atomic mass is 32.1. The van der Waals surface area contributed by atoms with E-state index in [0.717, 1.165) is 42.6 Å². The Bertz CT molecular complexity index is 610. The Labute approximate surface area is 137 Å². The van der Waals surface area contributed by atoms with Crippen molar-refractivity contribution in [2.75, 3.05) is 26.2 Å². The van der Waals surface area contributed by atoms with Gasteiger partial charge < -0.3 is 15.5 Å². The molecule has 2 N–H and O–H groups in total. The summed E-state index contributed by atoms with van der Waals surface area (Å²) in [5.41, 5.74) is 2.15. The summed E-state index contributed by atoms with van der Waals surface area (Å²) in [6, 6.07) is 10.3. The molecule has 0 saturated carbocycles. The second-order valence-electron chi connectivity index (χ2n) is 5.17. The lowest BCUT2D eigenvalue weighted by Gasteiger charge is -2.19. The van der Waals surface area contributed by atoms with Gasteiger partial charge in [-0.2, -0.15) is 0 Å². The van der Waals surface area contributed by atoms with Crippen LogP contribution in [-0.2, 0) is 6.54 Å². The summed E-state index contributed by atoms with van der Waals surface area (Å²) in [7, 11) is 0. The summed E-state index contributed by atoms with van der Waals surface area (Å²) in [6.07, 6.45) is 1.90. The van der Waals surface area contributed by atoms with Crippen molar-refractivity contribution >= 4 is 28.2 Å². The molecular formula is C17H24N4S. The molecule has 22 heavy (non-hydrogen) atoms. The average molecular weight is 316 g/mol. The maximum Gasteiger partial charge on any atom is 0.166 e. The van der Waals surface area contributed by atoms with Crippen molar-refractivity contribution in [3.63, 3.8) is 0 Å². The van der Waals surface area contributed by atoms with E-state index >= 15 is 0 Å². The number of hydrogen-bond donors (Lipinski definition) is 2. The Kier molecular flexibility index (Phi) is 6.55. The summed E-state index contributed by atoms with van der Waals surface area (Å²) in [5, 5.41) is 8.33. The van der Waals surface area contributed by atoms with Crippen LogP contribution in [0.2, 0.25) is 0 Å². The van der Waals surface area contributed by atoms with E-state index in [1.165, 1.54) is 0 Å². The van der Waals surface area contributed by atoms with Crippen molar-refractivity contribution in [2.24, 2.45) is 0 Å². The van der Waals surface area contributed by atoms with Crippen LogP contribution in [0.15, 0.2) is 36.5 Å². The van der Waals surface area contributed by atoms with Gasteiger partial charge in [0.25, 0.3) is 0 Å². The van der Waals surface area contributed by atoms with Gasteiger partial charge in [0.1, 0.15) is 0 Å². The molecule has 0 amide bonds. The number of nitrogens with zero attached hydrogens (tertiary/aromatic N) is 2. The van der Waals surface area contributed by atoms with Crippen LogP contribution in [0.1, 0.15) is 19.4 Å². The number of fused-ring (bicyclic) bond motifs is 1. The van der Waals surface area contributed by atoms with Gasteiger partial charge in [0.2, 0.25) is 0 Å². The highest BCUT2D eigenvalue weighted by Gasteiger charge is 2.01. The molecule has 1 heterocycles. The number of pyridine rings is 1. The van der Waals surface area contributed by atoms with Crippen LogP contribution < -0.4 is 10.6 Å². The molecule has 2 aromatic rings. The predicted molar refractivity (Wildman–Crippen MR) is 97.0 cm³/mol. The second-order valence-corrected chi connectivity index (χ2v) is 5.58. The van der Waals surface area contributed by atoms with Crippen LogP contribution in [0.3, 0.4) is 0 Å². The molecule has 0 fully saturated rings. The molecule has 0 radical (unpaired) electrons. The molecule has 0 spiro atoms. The Morgan fingerprint density at radius 1 is 1.18 bits per heavy atom. The first kappa shape index (κ1) is 16.6. The number of nitrogens with one attached hydrogen (secondary N) is 2. The smallest absolute Gasteiger partial charge is 0.166 e. The quantitative estimate of drug-likeness (QED) is 0.768. The largest absolute Gasteiger partial charge is 0.361 e. The predicted octanol–water partition coefficient (Wildman–Crippen LogP) is 2.54. The average Bonchev–Trinajstić information content (AvgIpc) is 2.56. The van der Waals surface area contributed by atoms with E-state index in [1.807, 2.05) is 24.4 Å². The van der Waals surface area contributed by atoms with Gasteiger partial charge in [-0.15, -0.1) is 0 Å². The normalized spacial score (nSPS) is 10.9. The van der Waals surface area contributed by atoms with Gasteiger partial charge in [0.15, 0.2) is 5.11 Å². The SMILES string of the molecule is CCN(CC)CCNC(=S)NCc1cnc2ccccc2c1. The van der Waals surface area contributed by atoms with Crippen molar-refractivity contribution < 1.29 is 0 Å². The van der Waals surface area contributed by atoms with Crippen LogP contribution >= 0.6 is 12.2 Å². The third-order valence-corrected chi connectivity index (χ3v) is 4.00. The summed E-state index contributed by atoms with van der Waals surface area (Å²) in [5.74, 6) is 0. The number of aromatic nitrogens is 1. The zero-order valence-electron chi connectivity index (χ0n) is 13.3. The minimum absolute atomic E-state index is 0.689. The molecule has 0 unspecified atom stereocenters. The Hall–Kier alpha value is -1.72. The summed E-state index contributed by atoms with van der Waals surface area (Å²) >= 11 is 5.31. The van der Waals surface area contributed by atoms with Crippen molar-refractivity contribution in [3.05, 3.63) is 42.1 Å². The minimum Gasteiger partial charge on any atom is -0.361 e. The van der Waals surface area contributed by atoms with Gasteiger partial charge in [0.05, 0.1) is 5.52 Å². The standard InChI is InChI=1S/C17H24N4S/c1-3-21(4-2)10-9-18-17(22)20-13-14-11-15-7-5-6-8-16(15)19-12-14/h5-8,11-12H,3-4,9-10,13H2,1-2H3,(H2,18,20,22). The summed E-state index contributed by atoms with van der Waals surface area (Å²) in [6.45, 7) is 9.05. The molecule has 0 bridgehead atoms. The first-order chi connectivity index (χ1) is 10.7. The molecule has 0 saturated heterocycles. The van der Waals surface area contributed by atoms with Crippen molar-refractivity contribution in [1.82, 2.24) is 20.5 Å². The lowest BCUT2D eigenvalue weighted by Crippen LogP contribution is -2.39. The van der Waals surface area contributed by atoms with Gasteiger partial charge in [-0.25, -0.2) is 0 Å². The molecule has 1 aromatic carbocycles. The van der Waals surface area contributed by atoms with Crippen LogP contribution in [0.4, 0.5) is 0 Å². The van der Waals surface area contributed by atoms with Crippen molar-refractivity contribution in [1.29, 1.82) is 0 Å². The number of hydrogen-bond acceptors (Lipinski definition) is 3. The molecule has 2 rings (SSSR count). The van der Waals surface area contributed by atoms with E-state index in [1.54, 1.807) is 0 Å². The molecule has 5 heteroatoms. The lowest BCUT2D eigenvalue weighted by molar-refractivity contribution is 0.308. The van der Waals surface area contributed by atoms with E-state index < -0.39 is 0 Å². The number of likely N-dealkylation sites (N-methyl/N-ethyl adjacent to an activating group) is 1.